The fourth-order valence-corrected chi connectivity index (χ4v) is 1.49. The molecule has 1 aromatic carbocycles. The van der Waals surface area contributed by atoms with Crippen molar-refractivity contribution >= 4 is 12.2 Å². The highest BCUT2D eigenvalue weighted by Gasteiger charge is 2.01. The first kappa shape index (κ1) is 9.98. The number of hydrogen-bond donors (Lipinski definition) is 1. The van der Waals surface area contributed by atoms with E-state index in [9.17, 15) is 4.39 Å². The Hall–Kier alpha value is -1.55. The molecule has 2 rings (SSSR count). The Morgan fingerprint density at radius 3 is 2.73 bits per heavy atom. The van der Waals surface area contributed by atoms with Crippen molar-refractivity contribution in [2.24, 2.45) is 0 Å². The molecule has 76 valence electrons. The second-order valence-corrected chi connectivity index (χ2v) is 3.74. The first-order valence-corrected chi connectivity index (χ1v) is 4.89. The summed E-state index contributed by atoms with van der Waals surface area (Å²) in [6, 6.07) is 6.84. The molecule has 0 saturated carbocycles. The molecule has 0 fully saturated rings. The molecule has 0 amide bonds. The predicted molar refractivity (Wildman–Crippen MR) is 59.6 cm³/mol. The maximum Gasteiger partial charge on any atom is 0.126 e. The van der Waals surface area contributed by atoms with Crippen molar-refractivity contribution in [3.63, 3.8) is 0 Å². The Balaban J connectivity index is 2.55. The van der Waals surface area contributed by atoms with Crippen molar-refractivity contribution in [2.75, 3.05) is 0 Å². The second kappa shape index (κ2) is 3.90. The molecule has 0 saturated heterocycles. The van der Waals surface area contributed by atoms with E-state index in [1.54, 1.807) is 25.3 Å². The Morgan fingerprint density at radius 1 is 1.27 bits per heavy atom. The quantitative estimate of drug-likeness (QED) is 0.747. The molecule has 0 spiro atoms. The van der Waals surface area contributed by atoms with Gasteiger partial charge in [-0.2, -0.15) is 5.10 Å². The Bertz CT molecular complexity index is 548. The van der Waals surface area contributed by atoms with Crippen LogP contribution in [0.2, 0.25) is 0 Å². The van der Waals surface area contributed by atoms with Crippen LogP contribution in [0.3, 0.4) is 0 Å². The minimum absolute atomic E-state index is 0.216. The summed E-state index contributed by atoms with van der Waals surface area (Å²) in [6.45, 7) is 1.73. The van der Waals surface area contributed by atoms with Gasteiger partial charge in [-0.15, -0.1) is 0 Å². The zero-order valence-electron chi connectivity index (χ0n) is 8.12. The van der Waals surface area contributed by atoms with E-state index in [-0.39, 0.29) is 5.82 Å². The average molecular weight is 220 g/mol. The molecule has 15 heavy (non-hydrogen) atoms. The lowest BCUT2D eigenvalue weighted by molar-refractivity contribution is 0.619. The topological polar surface area (TPSA) is 28.7 Å². The fraction of sp³-hybridized carbons (Fsp3) is 0.0909. The number of aromatic nitrogens is 2. The molecule has 1 N–H and O–H groups in total. The van der Waals surface area contributed by atoms with Gasteiger partial charge in [0, 0.05) is 5.56 Å². The van der Waals surface area contributed by atoms with Crippen molar-refractivity contribution in [3.05, 3.63) is 46.5 Å². The average Bonchev–Trinajstić information content (AvgIpc) is 2.22. The number of benzene rings is 1. The summed E-state index contributed by atoms with van der Waals surface area (Å²) in [6.07, 6.45) is 1.62. The Morgan fingerprint density at radius 2 is 2.07 bits per heavy atom. The van der Waals surface area contributed by atoms with E-state index in [1.807, 2.05) is 6.07 Å². The molecule has 0 unspecified atom stereocenters. The molecule has 0 radical (unpaired) electrons. The maximum absolute atomic E-state index is 13.3. The predicted octanol–water partition coefficient (Wildman–Crippen LogP) is 3.25. The molecule has 0 aliphatic carbocycles. The Kier molecular flexibility index (Phi) is 2.60. The number of H-pyrrole nitrogens is 1. The van der Waals surface area contributed by atoms with Crippen LogP contribution in [0.25, 0.3) is 11.1 Å². The summed E-state index contributed by atoms with van der Waals surface area (Å²) in [5.41, 5.74) is 2.23. The number of halogens is 1. The zero-order valence-corrected chi connectivity index (χ0v) is 8.94. The van der Waals surface area contributed by atoms with Crippen molar-refractivity contribution in [1.82, 2.24) is 10.2 Å². The molecular formula is C11H9FN2S. The third-order valence-electron chi connectivity index (χ3n) is 2.17. The highest BCUT2D eigenvalue weighted by atomic mass is 32.1. The van der Waals surface area contributed by atoms with Crippen LogP contribution in [0.4, 0.5) is 4.39 Å². The minimum Gasteiger partial charge on any atom is -0.268 e. The highest BCUT2D eigenvalue weighted by molar-refractivity contribution is 7.71. The normalized spacial score (nSPS) is 10.3. The Labute approximate surface area is 91.8 Å². The van der Waals surface area contributed by atoms with Crippen LogP contribution in [0.1, 0.15) is 5.56 Å². The van der Waals surface area contributed by atoms with Gasteiger partial charge in [0.2, 0.25) is 0 Å². The van der Waals surface area contributed by atoms with Crippen LogP contribution in [-0.4, -0.2) is 10.2 Å². The lowest BCUT2D eigenvalue weighted by Gasteiger charge is -2.02. The summed E-state index contributed by atoms with van der Waals surface area (Å²) < 4.78 is 13.8. The van der Waals surface area contributed by atoms with Crippen molar-refractivity contribution in [1.29, 1.82) is 0 Å². The molecular weight excluding hydrogens is 211 g/mol. The minimum atomic E-state index is -0.216. The molecule has 2 nitrogen and oxygen atoms in total. The van der Waals surface area contributed by atoms with Crippen LogP contribution in [0.15, 0.2) is 30.5 Å². The van der Waals surface area contributed by atoms with E-state index >= 15 is 0 Å². The number of rotatable bonds is 1. The van der Waals surface area contributed by atoms with Gasteiger partial charge in [-0.3, -0.25) is 5.10 Å². The highest BCUT2D eigenvalue weighted by Crippen LogP contribution is 2.20. The van der Waals surface area contributed by atoms with Crippen LogP contribution in [-0.2, 0) is 0 Å². The molecule has 2 aromatic rings. The van der Waals surface area contributed by atoms with Crippen LogP contribution < -0.4 is 0 Å². The van der Waals surface area contributed by atoms with Crippen molar-refractivity contribution in [2.45, 2.75) is 6.92 Å². The number of aromatic amines is 1. The van der Waals surface area contributed by atoms with Gasteiger partial charge in [-0.25, -0.2) is 4.39 Å². The van der Waals surface area contributed by atoms with Crippen molar-refractivity contribution in [3.8, 4) is 11.1 Å². The molecule has 1 heterocycles. The third-order valence-corrected chi connectivity index (χ3v) is 2.38. The summed E-state index contributed by atoms with van der Waals surface area (Å²) in [4.78, 5) is 0. The van der Waals surface area contributed by atoms with Gasteiger partial charge in [-0.05, 0) is 30.2 Å². The standard InChI is InChI=1S/C11H9FN2S/c1-7-2-3-8(4-10(7)12)9-5-11(15)14-13-6-9/h2-6H,1H3,(H,14,15). The number of nitrogens with one attached hydrogen (secondary N) is 1. The summed E-state index contributed by atoms with van der Waals surface area (Å²) >= 11 is 4.95. The van der Waals surface area contributed by atoms with E-state index in [0.29, 0.717) is 10.2 Å². The molecule has 0 atom stereocenters. The van der Waals surface area contributed by atoms with E-state index < -0.39 is 0 Å². The molecule has 4 heteroatoms. The van der Waals surface area contributed by atoms with Crippen LogP contribution in [0.5, 0.6) is 0 Å². The van der Waals surface area contributed by atoms with Gasteiger partial charge < -0.3 is 0 Å². The molecule has 0 bridgehead atoms. The third kappa shape index (κ3) is 2.10. The smallest absolute Gasteiger partial charge is 0.126 e. The SMILES string of the molecule is Cc1ccc(-c2cn[nH]c(=S)c2)cc1F. The van der Waals surface area contributed by atoms with Crippen LogP contribution >= 0.6 is 12.2 Å². The van der Waals surface area contributed by atoms with Gasteiger partial charge in [-0.1, -0.05) is 24.4 Å². The van der Waals surface area contributed by atoms with E-state index in [4.69, 9.17) is 12.2 Å². The summed E-state index contributed by atoms with van der Waals surface area (Å²) in [5, 5.41) is 6.50. The van der Waals surface area contributed by atoms with Gasteiger partial charge in [0.1, 0.15) is 10.5 Å². The first-order valence-electron chi connectivity index (χ1n) is 4.48. The van der Waals surface area contributed by atoms with E-state index in [0.717, 1.165) is 11.1 Å². The lowest BCUT2D eigenvalue weighted by Crippen LogP contribution is -1.87. The fourth-order valence-electron chi connectivity index (χ4n) is 1.31. The number of nitrogens with zero attached hydrogens (tertiary/aromatic N) is 1. The molecule has 0 aliphatic heterocycles. The number of aryl methyl sites for hydroxylation is 1. The van der Waals surface area contributed by atoms with Gasteiger partial charge >= 0.3 is 0 Å². The largest absolute Gasteiger partial charge is 0.268 e. The van der Waals surface area contributed by atoms with E-state index in [2.05, 4.69) is 10.2 Å². The maximum atomic E-state index is 13.3. The molecule has 0 aliphatic rings. The van der Waals surface area contributed by atoms with Crippen molar-refractivity contribution < 1.29 is 4.39 Å². The van der Waals surface area contributed by atoms with Crippen LogP contribution in [0, 0.1) is 17.4 Å². The zero-order chi connectivity index (χ0) is 10.8. The van der Waals surface area contributed by atoms with Gasteiger partial charge in [0.25, 0.3) is 0 Å². The lowest BCUT2D eigenvalue weighted by atomic mass is 10.1. The first-order chi connectivity index (χ1) is 7.16. The van der Waals surface area contributed by atoms with E-state index in [1.165, 1.54) is 6.07 Å². The van der Waals surface area contributed by atoms with Gasteiger partial charge in [0.15, 0.2) is 0 Å². The number of hydrogen-bond acceptors (Lipinski definition) is 2. The summed E-state index contributed by atoms with van der Waals surface area (Å²) in [7, 11) is 0. The second-order valence-electron chi connectivity index (χ2n) is 3.30. The summed E-state index contributed by atoms with van der Waals surface area (Å²) in [5.74, 6) is -0.216. The monoisotopic (exact) mass is 220 g/mol. The molecule has 1 aromatic heterocycles. The van der Waals surface area contributed by atoms with Gasteiger partial charge in [0.05, 0.1) is 6.20 Å².